The van der Waals surface area contributed by atoms with Crippen molar-refractivity contribution in [3.05, 3.63) is 35.8 Å². The average molecular weight is 345 g/mol. The molecule has 0 radical (unpaired) electrons. The van der Waals surface area contributed by atoms with Crippen LogP contribution in [0.15, 0.2) is 24.3 Å². The van der Waals surface area contributed by atoms with Gasteiger partial charge in [-0.1, -0.05) is 19.3 Å². The fourth-order valence-electron chi connectivity index (χ4n) is 3.32. The van der Waals surface area contributed by atoms with E-state index in [9.17, 15) is 9.18 Å². The van der Waals surface area contributed by atoms with Crippen LogP contribution in [-0.2, 0) is 6.54 Å². The number of aryl methyl sites for hydroxylation is 1. The van der Waals surface area contributed by atoms with Gasteiger partial charge in [-0.15, -0.1) is 0 Å². The summed E-state index contributed by atoms with van der Waals surface area (Å²) in [7, 11) is 1.50. The summed E-state index contributed by atoms with van der Waals surface area (Å²) in [5.41, 5.74) is 1.33. The van der Waals surface area contributed by atoms with Crippen LogP contribution in [0, 0.1) is 5.82 Å². The van der Waals surface area contributed by atoms with E-state index in [1.165, 1.54) is 19.6 Å². The summed E-state index contributed by atoms with van der Waals surface area (Å²) in [4.78, 5) is 12.5. The van der Waals surface area contributed by atoms with Crippen LogP contribution in [0.25, 0.3) is 11.3 Å². The van der Waals surface area contributed by atoms with Crippen LogP contribution in [0.3, 0.4) is 0 Å². The lowest BCUT2D eigenvalue weighted by molar-refractivity contribution is 0.0922. The number of benzene rings is 1. The molecule has 0 unspecified atom stereocenters. The molecule has 1 aromatic carbocycles. The van der Waals surface area contributed by atoms with E-state index in [0.29, 0.717) is 29.2 Å². The number of halogens is 1. The molecule has 1 fully saturated rings. The highest BCUT2D eigenvalue weighted by molar-refractivity contribution is 5.93. The molecule has 1 amide bonds. The van der Waals surface area contributed by atoms with Crippen LogP contribution in [0.2, 0.25) is 0 Å². The number of aromatic nitrogens is 2. The second-order valence-electron chi connectivity index (χ2n) is 6.38. The zero-order valence-electron chi connectivity index (χ0n) is 14.7. The van der Waals surface area contributed by atoms with Gasteiger partial charge in [-0.25, -0.2) is 4.39 Å². The van der Waals surface area contributed by atoms with E-state index in [1.807, 2.05) is 6.92 Å². The van der Waals surface area contributed by atoms with Gasteiger partial charge in [-0.2, -0.15) is 5.10 Å². The SMILES string of the molecule is CCn1nc(C(=O)NC2CCCCC2)cc1-c1ccc(OC)cc1F. The Bertz CT molecular complexity index is 751. The summed E-state index contributed by atoms with van der Waals surface area (Å²) in [5.74, 6) is -0.124. The van der Waals surface area contributed by atoms with Crippen molar-refractivity contribution in [1.82, 2.24) is 15.1 Å². The molecule has 6 heteroatoms. The minimum Gasteiger partial charge on any atom is -0.497 e. The maximum absolute atomic E-state index is 14.4. The Morgan fingerprint density at radius 1 is 1.32 bits per heavy atom. The molecule has 1 aliphatic carbocycles. The number of carbonyl (C=O) groups excluding carboxylic acids is 1. The lowest BCUT2D eigenvalue weighted by Gasteiger charge is -2.22. The van der Waals surface area contributed by atoms with Crippen LogP contribution in [0.5, 0.6) is 5.75 Å². The van der Waals surface area contributed by atoms with Crippen LogP contribution in [0.1, 0.15) is 49.5 Å². The van der Waals surface area contributed by atoms with Gasteiger partial charge >= 0.3 is 0 Å². The van der Waals surface area contributed by atoms with Crippen molar-refractivity contribution in [2.75, 3.05) is 7.11 Å². The van der Waals surface area contributed by atoms with E-state index >= 15 is 0 Å². The highest BCUT2D eigenvalue weighted by atomic mass is 19.1. The Balaban J connectivity index is 1.85. The summed E-state index contributed by atoms with van der Waals surface area (Å²) in [6.07, 6.45) is 5.56. The fraction of sp³-hybridized carbons (Fsp3) is 0.474. The predicted molar refractivity (Wildman–Crippen MR) is 94.2 cm³/mol. The first-order valence-electron chi connectivity index (χ1n) is 8.85. The van der Waals surface area contributed by atoms with Crippen molar-refractivity contribution in [1.29, 1.82) is 0 Å². The minimum absolute atomic E-state index is 0.186. The van der Waals surface area contributed by atoms with Crippen LogP contribution >= 0.6 is 0 Å². The third-order valence-electron chi connectivity index (χ3n) is 4.70. The minimum atomic E-state index is -0.395. The molecule has 5 nitrogen and oxygen atoms in total. The molecule has 1 aromatic heterocycles. The fourth-order valence-corrected chi connectivity index (χ4v) is 3.32. The Hall–Kier alpha value is -2.37. The van der Waals surface area contributed by atoms with E-state index in [4.69, 9.17) is 4.74 Å². The number of carbonyl (C=O) groups is 1. The van der Waals surface area contributed by atoms with Gasteiger partial charge in [0.2, 0.25) is 0 Å². The molecular weight excluding hydrogens is 321 g/mol. The summed E-state index contributed by atoms with van der Waals surface area (Å²) in [6.45, 7) is 2.47. The van der Waals surface area contributed by atoms with Gasteiger partial charge in [0.05, 0.1) is 12.8 Å². The van der Waals surface area contributed by atoms with Crippen LogP contribution < -0.4 is 10.1 Å². The van der Waals surface area contributed by atoms with E-state index < -0.39 is 5.82 Å². The highest BCUT2D eigenvalue weighted by Gasteiger charge is 2.21. The van der Waals surface area contributed by atoms with Gasteiger partial charge in [-0.05, 0) is 38.0 Å². The summed E-state index contributed by atoms with van der Waals surface area (Å²) in [6, 6.07) is 6.57. The van der Waals surface area contributed by atoms with Crippen LogP contribution in [0.4, 0.5) is 4.39 Å². The first-order valence-corrected chi connectivity index (χ1v) is 8.85. The molecule has 0 spiro atoms. The largest absolute Gasteiger partial charge is 0.497 e. The number of rotatable bonds is 5. The van der Waals surface area contributed by atoms with Crippen molar-refractivity contribution < 1.29 is 13.9 Å². The monoisotopic (exact) mass is 345 g/mol. The molecule has 0 saturated heterocycles. The van der Waals surface area contributed by atoms with Crippen LogP contribution in [-0.4, -0.2) is 28.8 Å². The first-order chi connectivity index (χ1) is 12.1. The standard InChI is InChI=1S/C19H24FN3O2/c1-3-23-18(15-10-9-14(25-2)11-16(15)20)12-17(22-23)19(24)21-13-7-5-4-6-8-13/h9-13H,3-8H2,1-2H3,(H,21,24). The Morgan fingerprint density at radius 2 is 2.08 bits per heavy atom. The highest BCUT2D eigenvalue weighted by Crippen LogP contribution is 2.27. The summed E-state index contributed by atoms with van der Waals surface area (Å²) >= 11 is 0. The average Bonchev–Trinajstić information content (AvgIpc) is 3.06. The van der Waals surface area contributed by atoms with Gasteiger partial charge in [0.25, 0.3) is 5.91 Å². The van der Waals surface area contributed by atoms with Crippen molar-refractivity contribution in [3.8, 4) is 17.0 Å². The Morgan fingerprint density at radius 3 is 2.72 bits per heavy atom. The molecule has 134 valence electrons. The van der Waals surface area contributed by atoms with E-state index in [-0.39, 0.29) is 11.9 Å². The van der Waals surface area contributed by atoms with Crippen molar-refractivity contribution >= 4 is 5.91 Å². The van der Waals surface area contributed by atoms with Gasteiger partial charge in [-0.3, -0.25) is 9.48 Å². The zero-order valence-corrected chi connectivity index (χ0v) is 14.7. The maximum Gasteiger partial charge on any atom is 0.272 e. The van der Waals surface area contributed by atoms with Crippen molar-refractivity contribution in [2.24, 2.45) is 0 Å². The number of amides is 1. The third-order valence-corrected chi connectivity index (χ3v) is 4.70. The van der Waals surface area contributed by atoms with E-state index in [1.54, 1.807) is 22.9 Å². The molecule has 1 saturated carbocycles. The lowest BCUT2D eigenvalue weighted by Crippen LogP contribution is -2.36. The smallest absolute Gasteiger partial charge is 0.272 e. The number of methoxy groups -OCH3 is 1. The summed E-state index contributed by atoms with van der Waals surface area (Å²) in [5, 5.41) is 7.42. The molecule has 1 N–H and O–H groups in total. The number of hydrogen-bond donors (Lipinski definition) is 1. The van der Waals surface area contributed by atoms with Gasteiger partial charge in [0.15, 0.2) is 5.69 Å². The number of ether oxygens (including phenoxy) is 1. The summed E-state index contributed by atoms with van der Waals surface area (Å²) < 4.78 is 21.1. The van der Waals surface area contributed by atoms with Crippen molar-refractivity contribution in [2.45, 2.75) is 51.6 Å². The predicted octanol–water partition coefficient (Wildman–Crippen LogP) is 3.78. The quantitative estimate of drug-likeness (QED) is 0.897. The van der Waals surface area contributed by atoms with Crippen molar-refractivity contribution in [3.63, 3.8) is 0 Å². The Labute approximate surface area is 147 Å². The van der Waals surface area contributed by atoms with E-state index in [0.717, 1.165) is 25.7 Å². The van der Waals surface area contributed by atoms with E-state index in [2.05, 4.69) is 10.4 Å². The van der Waals surface area contributed by atoms with Gasteiger partial charge < -0.3 is 10.1 Å². The molecule has 2 aromatic rings. The van der Waals surface area contributed by atoms with Gasteiger partial charge in [0, 0.05) is 24.2 Å². The molecule has 1 aliphatic rings. The molecule has 0 bridgehead atoms. The number of hydrogen-bond acceptors (Lipinski definition) is 3. The number of nitrogens with one attached hydrogen (secondary N) is 1. The first kappa shape index (κ1) is 17.5. The maximum atomic E-state index is 14.4. The second kappa shape index (κ2) is 7.68. The second-order valence-corrected chi connectivity index (χ2v) is 6.38. The number of nitrogens with zero attached hydrogens (tertiary/aromatic N) is 2. The molecule has 25 heavy (non-hydrogen) atoms. The molecule has 0 atom stereocenters. The molecule has 0 aliphatic heterocycles. The molecule has 1 heterocycles. The molecular formula is C19H24FN3O2. The third kappa shape index (κ3) is 3.83. The zero-order chi connectivity index (χ0) is 17.8. The Kier molecular flexibility index (Phi) is 5.36. The topological polar surface area (TPSA) is 56.2 Å². The van der Waals surface area contributed by atoms with Gasteiger partial charge in [0.1, 0.15) is 11.6 Å². The lowest BCUT2D eigenvalue weighted by atomic mass is 9.95. The molecule has 3 rings (SSSR count). The normalized spacial score (nSPS) is 15.2.